The Morgan fingerprint density at radius 3 is 2.33 bits per heavy atom. The van der Waals surface area contributed by atoms with Gasteiger partial charge in [-0.25, -0.2) is 9.18 Å². The molecule has 3 aromatic rings. The molecule has 3 aromatic carbocycles. The molecule has 0 radical (unpaired) electrons. The Kier molecular flexibility index (Phi) is 3.36. The number of hydrogen-bond donors (Lipinski definition) is 1. The minimum absolute atomic E-state index is 0.156. The molecule has 5 heteroatoms. The van der Waals surface area contributed by atoms with E-state index in [-0.39, 0.29) is 23.6 Å². The van der Waals surface area contributed by atoms with Crippen LogP contribution in [0.4, 0.5) is 15.8 Å². The third-order valence-electron chi connectivity index (χ3n) is 5.39. The second kappa shape index (κ2) is 5.66. The summed E-state index contributed by atoms with van der Waals surface area (Å²) in [5.41, 5.74) is 6.03. The van der Waals surface area contributed by atoms with E-state index in [0.29, 0.717) is 0 Å². The van der Waals surface area contributed by atoms with Gasteiger partial charge in [0.05, 0.1) is 5.56 Å². The highest BCUT2D eigenvalue weighted by Gasteiger charge is 2.43. The summed E-state index contributed by atoms with van der Waals surface area (Å²) in [4.78, 5) is 13.2. The topological polar surface area (TPSA) is 49.8 Å². The van der Waals surface area contributed by atoms with Gasteiger partial charge < -0.3 is 14.7 Å². The third-order valence-corrected chi connectivity index (χ3v) is 5.39. The fourth-order valence-corrected chi connectivity index (χ4v) is 4.01. The van der Waals surface area contributed by atoms with Gasteiger partial charge in [-0.15, -0.1) is 0 Å². The molecule has 1 N–H and O–H groups in total. The van der Waals surface area contributed by atoms with Crippen molar-refractivity contribution in [2.75, 3.05) is 11.9 Å². The average Bonchev–Trinajstić information content (AvgIpc) is 3.24. The Morgan fingerprint density at radius 2 is 1.59 bits per heavy atom. The predicted octanol–water partition coefficient (Wildman–Crippen LogP) is 4.81. The van der Waals surface area contributed by atoms with Crippen molar-refractivity contribution in [3.05, 3.63) is 94.3 Å². The first-order valence-corrected chi connectivity index (χ1v) is 8.68. The molecule has 4 nitrogen and oxygen atoms in total. The van der Waals surface area contributed by atoms with Gasteiger partial charge in [0.25, 0.3) is 0 Å². The van der Waals surface area contributed by atoms with Crippen molar-refractivity contribution in [3.8, 4) is 0 Å². The van der Waals surface area contributed by atoms with Gasteiger partial charge in [-0.3, -0.25) is 0 Å². The summed E-state index contributed by atoms with van der Waals surface area (Å²) in [6.07, 6.45) is -0.420. The highest BCUT2D eigenvalue weighted by molar-refractivity contribution is 5.88. The summed E-state index contributed by atoms with van der Waals surface area (Å²) < 4.78 is 19.7. The molecule has 0 saturated heterocycles. The van der Waals surface area contributed by atoms with Crippen LogP contribution in [0.25, 0.3) is 0 Å². The van der Waals surface area contributed by atoms with Crippen LogP contribution in [-0.4, -0.2) is 18.1 Å². The average molecular weight is 361 g/mol. The van der Waals surface area contributed by atoms with Crippen molar-refractivity contribution in [2.45, 2.75) is 12.2 Å². The lowest BCUT2D eigenvalue weighted by atomic mass is 9.85. The normalized spacial score (nSPS) is 18.9. The Morgan fingerprint density at radius 1 is 0.926 bits per heavy atom. The molecule has 0 unspecified atom stereocenters. The summed E-state index contributed by atoms with van der Waals surface area (Å²) in [5.74, 6) is -1.22. The van der Waals surface area contributed by atoms with Crippen molar-refractivity contribution < 1.29 is 19.0 Å². The van der Waals surface area contributed by atoms with Crippen molar-refractivity contribution in [2.24, 2.45) is 0 Å². The van der Waals surface area contributed by atoms with Crippen LogP contribution in [0.1, 0.15) is 44.8 Å². The number of anilines is 2. The lowest BCUT2D eigenvalue weighted by Crippen LogP contribution is -2.11. The third kappa shape index (κ3) is 2.35. The highest BCUT2D eigenvalue weighted by Crippen LogP contribution is 2.55. The summed E-state index contributed by atoms with van der Waals surface area (Å²) in [7, 11) is 1.89. The lowest BCUT2D eigenvalue weighted by Gasteiger charge is -2.23. The number of carboxylic acid groups (broad SMARTS) is 1. The Labute approximate surface area is 155 Å². The van der Waals surface area contributed by atoms with E-state index < -0.39 is 5.97 Å². The van der Waals surface area contributed by atoms with Crippen molar-refractivity contribution in [1.82, 2.24) is 0 Å². The molecule has 2 atom stereocenters. The zero-order valence-corrected chi connectivity index (χ0v) is 14.5. The molecule has 0 amide bonds. The predicted molar refractivity (Wildman–Crippen MR) is 99.1 cm³/mol. The van der Waals surface area contributed by atoms with Crippen molar-refractivity contribution in [3.63, 3.8) is 0 Å². The maximum atomic E-state index is 13.6. The molecule has 2 heterocycles. The molecule has 134 valence electrons. The quantitative estimate of drug-likeness (QED) is 0.727. The SMILES string of the molecule is CN(c1cccc(F)c1)c1ccc2c(c1)[C@H]1O[C@@H]2c2ccc(C(=O)O)cc21. The maximum Gasteiger partial charge on any atom is 0.335 e. The summed E-state index contributed by atoms with van der Waals surface area (Å²) in [5, 5.41) is 9.27. The molecule has 2 bridgehead atoms. The lowest BCUT2D eigenvalue weighted by molar-refractivity contribution is 0.0696. The number of benzene rings is 3. The van der Waals surface area contributed by atoms with Gasteiger partial charge in [-0.1, -0.05) is 18.2 Å². The standard InChI is InChI=1S/C22H16FNO3/c1-24(14-4-2-3-13(23)10-14)15-6-8-17-19(11-15)21-18-9-12(22(25)26)5-7-16(18)20(17)27-21/h2-11,20-21H,1H3,(H,25,26)/t20-,21+/m1/s1. The maximum absolute atomic E-state index is 13.6. The Hall–Kier alpha value is -3.18. The first-order valence-electron chi connectivity index (χ1n) is 8.68. The zero-order valence-electron chi connectivity index (χ0n) is 14.5. The monoisotopic (exact) mass is 361 g/mol. The number of aromatic carboxylic acids is 1. The molecule has 0 aromatic heterocycles. The van der Waals surface area contributed by atoms with Gasteiger partial charge in [-0.2, -0.15) is 0 Å². The van der Waals surface area contributed by atoms with Crippen LogP contribution in [0.5, 0.6) is 0 Å². The van der Waals surface area contributed by atoms with E-state index in [0.717, 1.165) is 33.6 Å². The van der Waals surface area contributed by atoms with Crippen LogP contribution in [0.2, 0.25) is 0 Å². The number of carbonyl (C=O) groups is 1. The van der Waals surface area contributed by atoms with E-state index in [1.807, 2.05) is 42.3 Å². The number of fused-ring (bicyclic) bond motifs is 8. The summed E-state index contributed by atoms with van der Waals surface area (Å²) in [6, 6.07) is 17.7. The minimum Gasteiger partial charge on any atom is -0.478 e. The van der Waals surface area contributed by atoms with E-state index in [1.165, 1.54) is 12.1 Å². The fourth-order valence-electron chi connectivity index (χ4n) is 4.01. The second-order valence-electron chi connectivity index (χ2n) is 6.90. The van der Waals surface area contributed by atoms with E-state index >= 15 is 0 Å². The number of carboxylic acids is 1. The van der Waals surface area contributed by atoms with Gasteiger partial charge in [0.15, 0.2) is 0 Å². The van der Waals surface area contributed by atoms with Crippen LogP contribution in [0.3, 0.4) is 0 Å². The summed E-state index contributed by atoms with van der Waals surface area (Å²) >= 11 is 0. The molecule has 0 aliphatic carbocycles. The van der Waals surface area contributed by atoms with Gasteiger partial charge in [0.2, 0.25) is 0 Å². The fraction of sp³-hybridized carbons (Fsp3) is 0.136. The Balaban J connectivity index is 1.55. The number of rotatable bonds is 3. The van der Waals surface area contributed by atoms with E-state index in [9.17, 15) is 14.3 Å². The molecular weight excluding hydrogens is 345 g/mol. The molecule has 2 aliphatic rings. The van der Waals surface area contributed by atoms with Crippen LogP contribution in [0, 0.1) is 5.82 Å². The van der Waals surface area contributed by atoms with Crippen LogP contribution < -0.4 is 4.90 Å². The molecule has 0 saturated carbocycles. The molecular formula is C22H16FNO3. The smallest absolute Gasteiger partial charge is 0.335 e. The summed E-state index contributed by atoms with van der Waals surface area (Å²) in [6.45, 7) is 0. The molecule has 2 aliphatic heterocycles. The number of halogens is 1. The van der Waals surface area contributed by atoms with Crippen LogP contribution in [-0.2, 0) is 4.74 Å². The number of ether oxygens (including phenoxy) is 1. The van der Waals surface area contributed by atoms with Gasteiger partial charge in [0.1, 0.15) is 18.0 Å². The largest absolute Gasteiger partial charge is 0.478 e. The molecule has 0 spiro atoms. The van der Waals surface area contributed by atoms with Crippen LogP contribution in [0.15, 0.2) is 60.7 Å². The first kappa shape index (κ1) is 16.0. The van der Waals surface area contributed by atoms with E-state index in [4.69, 9.17) is 4.74 Å². The van der Waals surface area contributed by atoms with Gasteiger partial charge in [-0.05, 0) is 64.7 Å². The minimum atomic E-state index is -0.944. The Bertz CT molecular complexity index is 1090. The van der Waals surface area contributed by atoms with Gasteiger partial charge >= 0.3 is 5.97 Å². The van der Waals surface area contributed by atoms with Crippen LogP contribution >= 0.6 is 0 Å². The highest BCUT2D eigenvalue weighted by atomic mass is 19.1. The molecule has 5 rings (SSSR count). The second-order valence-corrected chi connectivity index (χ2v) is 6.90. The van der Waals surface area contributed by atoms with E-state index in [2.05, 4.69) is 0 Å². The molecule has 27 heavy (non-hydrogen) atoms. The molecule has 0 fully saturated rings. The first-order chi connectivity index (χ1) is 13.0. The number of nitrogens with zero attached hydrogens (tertiary/aromatic N) is 1. The van der Waals surface area contributed by atoms with Crippen molar-refractivity contribution in [1.29, 1.82) is 0 Å². The van der Waals surface area contributed by atoms with Crippen molar-refractivity contribution >= 4 is 17.3 Å². The van der Waals surface area contributed by atoms with E-state index in [1.54, 1.807) is 18.2 Å². The number of hydrogen-bond acceptors (Lipinski definition) is 3. The van der Waals surface area contributed by atoms with Gasteiger partial charge in [0, 0.05) is 18.4 Å². The zero-order chi connectivity index (χ0) is 18.7.